The van der Waals surface area contributed by atoms with Crippen molar-refractivity contribution in [3.8, 4) is 0 Å². The standard InChI is InChI=1S/C12H13NOS/c1-2-3-5-9-6-4-7-11-12(9)10(8-14)13-15-11/h4,6-8H,2-3,5H2,1H3. The lowest BCUT2D eigenvalue weighted by Gasteiger charge is -2.01. The van der Waals surface area contributed by atoms with E-state index in [1.54, 1.807) is 0 Å². The van der Waals surface area contributed by atoms with E-state index in [-0.39, 0.29) is 0 Å². The highest BCUT2D eigenvalue weighted by Gasteiger charge is 2.08. The van der Waals surface area contributed by atoms with Crippen LogP contribution in [0.2, 0.25) is 0 Å². The van der Waals surface area contributed by atoms with Crippen LogP contribution < -0.4 is 0 Å². The van der Waals surface area contributed by atoms with E-state index in [2.05, 4.69) is 17.4 Å². The highest BCUT2D eigenvalue weighted by atomic mass is 32.1. The van der Waals surface area contributed by atoms with Gasteiger partial charge in [-0.2, -0.15) is 4.37 Å². The molecule has 0 aliphatic rings. The molecule has 0 spiro atoms. The van der Waals surface area contributed by atoms with E-state index >= 15 is 0 Å². The lowest BCUT2D eigenvalue weighted by atomic mass is 10.0. The monoisotopic (exact) mass is 219 g/mol. The molecule has 0 atom stereocenters. The van der Waals surface area contributed by atoms with Crippen LogP contribution in [0.15, 0.2) is 18.2 Å². The summed E-state index contributed by atoms with van der Waals surface area (Å²) in [4.78, 5) is 10.9. The average Bonchev–Trinajstić information content (AvgIpc) is 2.69. The summed E-state index contributed by atoms with van der Waals surface area (Å²) in [5.74, 6) is 0. The third-order valence-corrected chi connectivity index (χ3v) is 3.35. The quantitative estimate of drug-likeness (QED) is 0.737. The molecule has 2 rings (SSSR count). The topological polar surface area (TPSA) is 30.0 Å². The van der Waals surface area contributed by atoms with Gasteiger partial charge >= 0.3 is 0 Å². The van der Waals surface area contributed by atoms with Crippen LogP contribution in [0.1, 0.15) is 35.8 Å². The second kappa shape index (κ2) is 4.53. The van der Waals surface area contributed by atoms with Crippen molar-refractivity contribution in [2.75, 3.05) is 0 Å². The van der Waals surface area contributed by atoms with Gasteiger partial charge in [-0.1, -0.05) is 25.5 Å². The molecule has 1 aromatic carbocycles. The number of benzene rings is 1. The van der Waals surface area contributed by atoms with Crippen LogP contribution in [0.4, 0.5) is 0 Å². The third kappa shape index (κ3) is 1.92. The van der Waals surface area contributed by atoms with Crippen LogP contribution in [0.3, 0.4) is 0 Å². The van der Waals surface area contributed by atoms with Gasteiger partial charge in [-0.05, 0) is 36.0 Å². The van der Waals surface area contributed by atoms with Gasteiger partial charge in [0.25, 0.3) is 0 Å². The molecule has 0 bridgehead atoms. The number of nitrogens with zero attached hydrogens (tertiary/aromatic N) is 1. The molecule has 0 aliphatic carbocycles. The zero-order valence-electron chi connectivity index (χ0n) is 8.69. The van der Waals surface area contributed by atoms with Crippen molar-refractivity contribution < 1.29 is 4.79 Å². The first-order valence-electron chi connectivity index (χ1n) is 5.19. The molecule has 0 radical (unpaired) electrons. The van der Waals surface area contributed by atoms with Crippen molar-refractivity contribution in [2.45, 2.75) is 26.2 Å². The summed E-state index contributed by atoms with van der Waals surface area (Å²) in [5, 5.41) is 1.06. The first-order valence-corrected chi connectivity index (χ1v) is 5.96. The lowest BCUT2D eigenvalue weighted by molar-refractivity contribution is 0.112. The molecular formula is C12H13NOS. The Morgan fingerprint density at radius 2 is 2.33 bits per heavy atom. The van der Waals surface area contributed by atoms with Gasteiger partial charge in [-0.15, -0.1) is 0 Å². The van der Waals surface area contributed by atoms with Gasteiger partial charge < -0.3 is 0 Å². The van der Waals surface area contributed by atoms with Crippen molar-refractivity contribution in [2.24, 2.45) is 0 Å². The molecule has 3 heteroatoms. The van der Waals surface area contributed by atoms with Gasteiger partial charge in [-0.3, -0.25) is 4.79 Å². The maximum atomic E-state index is 10.9. The van der Waals surface area contributed by atoms with E-state index in [1.165, 1.54) is 23.5 Å². The number of aromatic nitrogens is 1. The van der Waals surface area contributed by atoms with Crippen LogP contribution in [0.25, 0.3) is 10.1 Å². The molecule has 0 unspecified atom stereocenters. The maximum Gasteiger partial charge on any atom is 0.170 e. The molecule has 78 valence electrons. The third-order valence-electron chi connectivity index (χ3n) is 2.52. The van der Waals surface area contributed by atoms with Crippen molar-refractivity contribution >= 4 is 27.9 Å². The van der Waals surface area contributed by atoms with Gasteiger partial charge in [-0.25, -0.2) is 0 Å². The second-order valence-corrected chi connectivity index (χ2v) is 4.38. The van der Waals surface area contributed by atoms with Crippen molar-refractivity contribution in [1.29, 1.82) is 0 Å². The van der Waals surface area contributed by atoms with Crippen molar-refractivity contribution in [1.82, 2.24) is 4.37 Å². The van der Waals surface area contributed by atoms with E-state index < -0.39 is 0 Å². The minimum atomic E-state index is 0.599. The molecule has 1 heterocycles. The molecule has 0 fully saturated rings. The first kappa shape index (κ1) is 10.3. The Morgan fingerprint density at radius 1 is 1.47 bits per heavy atom. The molecule has 2 nitrogen and oxygen atoms in total. The average molecular weight is 219 g/mol. The van der Waals surface area contributed by atoms with Crippen LogP contribution in [0, 0.1) is 0 Å². The van der Waals surface area contributed by atoms with E-state index in [1.807, 2.05) is 12.1 Å². The molecule has 0 amide bonds. The molecule has 0 aliphatic heterocycles. The van der Waals surface area contributed by atoms with Crippen molar-refractivity contribution in [3.05, 3.63) is 29.5 Å². The predicted octanol–water partition coefficient (Wildman–Crippen LogP) is 3.45. The summed E-state index contributed by atoms with van der Waals surface area (Å²) in [6.45, 7) is 2.17. The number of unbranched alkanes of at least 4 members (excludes halogenated alkanes) is 1. The highest BCUT2D eigenvalue weighted by Crippen LogP contribution is 2.26. The normalized spacial score (nSPS) is 10.7. The molecule has 2 aromatic rings. The zero-order valence-corrected chi connectivity index (χ0v) is 9.51. The fraction of sp³-hybridized carbons (Fsp3) is 0.333. The summed E-state index contributed by atoms with van der Waals surface area (Å²) in [5.41, 5.74) is 1.85. The van der Waals surface area contributed by atoms with Gasteiger partial charge in [0.1, 0.15) is 5.69 Å². The van der Waals surface area contributed by atoms with E-state index in [0.717, 1.165) is 29.2 Å². The zero-order chi connectivity index (χ0) is 10.7. The fourth-order valence-corrected chi connectivity index (χ4v) is 2.54. The minimum absolute atomic E-state index is 0.599. The Labute approximate surface area is 93.1 Å². The Bertz CT molecular complexity index is 475. The Balaban J connectivity index is 2.51. The fourth-order valence-electron chi connectivity index (χ4n) is 1.74. The summed E-state index contributed by atoms with van der Waals surface area (Å²) in [6.07, 6.45) is 4.22. The van der Waals surface area contributed by atoms with E-state index in [4.69, 9.17) is 0 Å². The van der Waals surface area contributed by atoms with Crippen LogP contribution in [-0.2, 0) is 6.42 Å². The molecule has 0 saturated heterocycles. The SMILES string of the molecule is CCCCc1cccc2snc(C=O)c12. The molecule has 0 saturated carbocycles. The van der Waals surface area contributed by atoms with Gasteiger partial charge in [0.05, 0.1) is 4.70 Å². The number of carbonyl (C=O) groups excluding carboxylic acids is 1. The number of aldehydes is 1. The number of hydrogen-bond acceptors (Lipinski definition) is 3. The largest absolute Gasteiger partial charge is 0.296 e. The Kier molecular flexibility index (Phi) is 3.11. The van der Waals surface area contributed by atoms with Gasteiger partial charge in [0.2, 0.25) is 0 Å². The predicted molar refractivity (Wildman–Crippen MR) is 63.6 cm³/mol. The summed E-state index contributed by atoms with van der Waals surface area (Å²) in [7, 11) is 0. The molecule has 15 heavy (non-hydrogen) atoms. The van der Waals surface area contributed by atoms with E-state index in [0.29, 0.717) is 5.69 Å². The number of rotatable bonds is 4. The summed E-state index contributed by atoms with van der Waals surface area (Å²) in [6, 6.07) is 6.16. The van der Waals surface area contributed by atoms with Crippen LogP contribution in [-0.4, -0.2) is 10.7 Å². The summed E-state index contributed by atoms with van der Waals surface area (Å²) >= 11 is 1.40. The molecular weight excluding hydrogens is 206 g/mol. The Hall–Kier alpha value is -1.22. The number of aryl methyl sites for hydroxylation is 1. The van der Waals surface area contributed by atoms with E-state index in [9.17, 15) is 4.79 Å². The van der Waals surface area contributed by atoms with Crippen LogP contribution in [0.5, 0.6) is 0 Å². The number of hydrogen-bond donors (Lipinski definition) is 0. The lowest BCUT2D eigenvalue weighted by Crippen LogP contribution is -1.88. The van der Waals surface area contributed by atoms with Gasteiger partial charge in [0.15, 0.2) is 6.29 Å². The van der Waals surface area contributed by atoms with Crippen LogP contribution >= 0.6 is 11.5 Å². The minimum Gasteiger partial charge on any atom is -0.296 e. The molecule has 0 N–H and O–H groups in total. The second-order valence-electron chi connectivity index (χ2n) is 3.58. The number of carbonyl (C=O) groups is 1. The van der Waals surface area contributed by atoms with Crippen molar-refractivity contribution in [3.63, 3.8) is 0 Å². The first-order chi connectivity index (χ1) is 7.36. The maximum absolute atomic E-state index is 10.9. The molecule has 1 aromatic heterocycles. The summed E-state index contributed by atoms with van der Waals surface area (Å²) < 4.78 is 5.27. The Morgan fingerprint density at radius 3 is 3.07 bits per heavy atom. The smallest absolute Gasteiger partial charge is 0.170 e. The number of fused-ring (bicyclic) bond motifs is 1. The van der Waals surface area contributed by atoms with Gasteiger partial charge in [0, 0.05) is 5.39 Å². The highest BCUT2D eigenvalue weighted by molar-refractivity contribution is 7.13.